The lowest BCUT2D eigenvalue weighted by atomic mass is 9.97. The number of hydrogen-bond donors (Lipinski definition) is 1. The van der Waals surface area contributed by atoms with Crippen molar-refractivity contribution in [3.05, 3.63) is 27.2 Å². The summed E-state index contributed by atoms with van der Waals surface area (Å²) in [5.74, 6) is 0. The number of piperidine rings is 1. The summed E-state index contributed by atoms with van der Waals surface area (Å²) in [6.07, 6.45) is 2.38. The Morgan fingerprint density at radius 1 is 1.47 bits per heavy atom. The summed E-state index contributed by atoms with van der Waals surface area (Å²) in [6, 6.07) is 5.38. The van der Waals surface area contributed by atoms with E-state index in [9.17, 15) is 0 Å². The highest BCUT2D eigenvalue weighted by atomic mass is 79.9. The van der Waals surface area contributed by atoms with Crippen LogP contribution < -0.4 is 10.2 Å². The van der Waals surface area contributed by atoms with Crippen LogP contribution in [0.3, 0.4) is 0 Å². The van der Waals surface area contributed by atoms with Crippen LogP contribution in [0.4, 0.5) is 5.69 Å². The molecule has 19 heavy (non-hydrogen) atoms. The normalized spacial score (nSPS) is 23.7. The molecule has 106 valence electrons. The Kier molecular flexibility index (Phi) is 5.15. The summed E-state index contributed by atoms with van der Waals surface area (Å²) in [4.78, 5) is 2.46. The standard InChI is InChI=1S/C15H22BrClN2/c1-4-18-12-5-6-19(11(3)8-12)15-9-14(17)10(2)7-13(15)16/h7,9,11-12,18H,4-6,8H2,1-3H3. The van der Waals surface area contributed by atoms with Crippen molar-refractivity contribution in [2.75, 3.05) is 18.0 Å². The monoisotopic (exact) mass is 344 g/mol. The molecular formula is C15H22BrClN2. The van der Waals surface area contributed by atoms with Crippen LogP contribution in [-0.2, 0) is 0 Å². The van der Waals surface area contributed by atoms with E-state index in [1.165, 1.54) is 18.5 Å². The van der Waals surface area contributed by atoms with Gasteiger partial charge in [0.25, 0.3) is 0 Å². The molecule has 2 rings (SSSR count). The highest BCUT2D eigenvalue weighted by Crippen LogP contribution is 2.35. The average Bonchev–Trinajstić information content (AvgIpc) is 2.35. The molecule has 0 amide bonds. The van der Waals surface area contributed by atoms with Gasteiger partial charge in [0.2, 0.25) is 0 Å². The Hall–Kier alpha value is -0.250. The van der Waals surface area contributed by atoms with E-state index in [-0.39, 0.29) is 0 Å². The molecule has 0 aliphatic carbocycles. The van der Waals surface area contributed by atoms with Gasteiger partial charge in [-0.1, -0.05) is 18.5 Å². The van der Waals surface area contributed by atoms with Crippen LogP contribution in [0.2, 0.25) is 5.02 Å². The molecule has 2 atom stereocenters. The largest absolute Gasteiger partial charge is 0.368 e. The van der Waals surface area contributed by atoms with Gasteiger partial charge in [0.1, 0.15) is 0 Å². The second-order valence-electron chi connectivity index (χ2n) is 5.37. The molecule has 0 radical (unpaired) electrons. The van der Waals surface area contributed by atoms with Crippen LogP contribution in [0, 0.1) is 6.92 Å². The zero-order valence-corrected chi connectivity index (χ0v) is 14.2. The van der Waals surface area contributed by atoms with E-state index in [1.807, 2.05) is 6.92 Å². The van der Waals surface area contributed by atoms with Crippen molar-refractivity contribution in [2.24, 2.45) is 0 Å². The van der Waals surface area contributed by atoms with Gasteiger partial charge in [-0.15, -0.1) is 0 Å². The third-order valence-electron chi connectivity index (χ3n) is 3.91. The van der Waals surface area contributed by atoms with Crippen molar-refractivity contribution in [1.29, 1.82) is 0 Å². The van der Waals surface area contributed by atoms with Crippen LogP contribution >= 0.6 is 27.5 Å². The Morgan fingerprint density at radius 3 is 2.84 bits per heavy atom. The molecular weight excluding hydrogens is 324 g/mol. The zero-order chi connectivity index (χ0) is 14.0. The van der Waals surface area contributed by atoms with Gasteiger partial charge in [-0.25, -0.2) is 0 Å². The highest BCUT2D eigenvalue weighted by Gasteiger charge is 2.26. The van der Waals surface area contributed by atoms with Gasteiger partial charge in [0, 0.05) is 28.1 Å². The molecule has 0 bridgehead atoms. The van der Waals surface area contributed by atoms with E-state index in [0.717, 1.165) is 28.1 Å². The van der Waals surface area contributed by atoms with Gasteiger partial charge in [-0.05, 0) is 66.9 Å². The molecule has 1 saturated heterocycles. The summed E-state index contributed by atoms with van der Waals surface area (Å²) in [7, 11) is 0. The number of aryl methyl sites for hydroxylation is 1. The molecule has 0 aromatic heterocycles. The Balaban J connectivity index is 2.17. The Morgan fingerprint density at radius 2 is 2.21 bits per heavy atom. The second-order valence-corrected chi connectivity index (χ2v) is 6.64. The molecule has 0 saturated carbocycles. The van der Waals surface area contributed by atoms with Crippen molar-refractivity contribution < 1.29 is 0 Å². The average molecular weight is 346 g/mol. The lowest BCUT2D eigenvalue weighted by molar-refractivity contribution is 0.374. The van der Waals surface area contributed by atoms with Crippen molar-refractivity contribution in [3.8, 4) is 0 Å². The molecule has 4 heteroatoms. The molecule has 0 spiro atoms. The van der Waals surface area contributed by atoms with Crippen LogP contribution in [0.1, 0.15) is 32.3 Å². The molecule has 1 heterocycles. The third-order valence-corrected chi connectivity index (χ3v) is 4.95. The first kappa shape index (κ1) is 15.1. The molecule has 1 N–H and O–H groups in total. The number of hydrogen-bond acceptors (Lipinski definition) is 2. The van der Waals surface area contributed by atoms with Crippen LogP contribution in [-0.4, -0.2) is 25.2 Å². The first-order valence-corrected chi connectivity index (χ1v) is 8.15. The van der Waals surface area contributed by atoms with E-state index >= 15 is 0 Å². The van der Waals surface area contributed by atoms with Crippen molar-refractivity contribution >= 4 is 33.2 Å². The number of nitrogens with zero attached hydrogens (tertiary/aromatic N) is 1. The minimum Gasteiger partial charge on any atom is -0.368 e. The van der Waals surface area contributed by atoms with Crippen LogP contribution in [0.25, 0.3) is 0 Å². The van der Waals surface area contributed by atoms with Gasteiger partial charge < -0.3 is 10.2 Å². The first-order valence-electron chi connectivity index (χ1n) is 6.98. The van der Waals surface area contributed by atoms with E-state index < -0.39 is 0 Å². The molecule has 1 aliphatic rings. The summed E-state index contributed by atoms with van der Waals surface area (Å²) < 4.78 is 1.14. The lowest BCUT2D eigenvalue weighted by Crippen LogP contribution is -2.47. The topological polar surface area (TPSA) is 15.3 Å². The molecule has 2 nitrogen and oxygen atoms in total. The fourth-order valence-corrected chi connectivity index (χ4v) is 3.70. The van der Waals surface area contributed by atoms with E-state index in [1.54, 1.807) is 0 Å². The third kappa shape index (κ3) is 3.45. The predicted molar refractivity (Wildman–Crippen MR) is 87.4 cm³/mol. The fourth-order valence-electron chi connectivity index (χ4n) is 2.86. The van der Waals surface area contributed by atoms with Crippen molar-refractivity contribution in [3.63, 3.8) is 0 Å². The summed E-state index contributed by atoms with van der Waals surface area (Å²) in [5, 5.41) is 4.40. The van der Waals surface area contributed by atoms with Crippen LogP contribution in [0.15, 0.2) is 16.6 Å². The van der Waals surface area contributed by atoms with Gasteiger partial charge in [0.15, 0.2) is 0 Å². The molecule has 1 aromatic rings. The maximum Gasteiger partial charge on any atom is 0.0528 e. The highest BCUT2D eigenvalue weighted by molar-refractivity contribution is 9.10. The molecule has 2 unspecified atom stereocenters. The van der Waals surface area contributed by atoms with E-state index in [0.29, 0.717) is 12.1 Å². The van der Waals surface area contributed by atoms with Crippen molar-refractivity contribution in [2.45, 2.75) is 45.7 Å². The maximum atomic E-state index is 6.27. The van der Waals surface area contributed by atoms with Gasteiger partial charge in [0.05, 0.1) is 5.69 Å². The number of halogens is 2. The van der Waals surface area contributed by atoms with Gasteiger partial charge >= 0.3 is 0 Å². The summed E-state index contributed by atoms with van der Waals surface area (Å²) in [6.45, 7) is 8.64. The fraction of sp³-hybridized carbons (Fsp3) is 0.600. The van der Waals surface area contributed by atoms with E-state index in [4.69, 9.17) is 11.6 Å². The maximum absolute atomic E-state index is 6.27. The molecule has 1 aromatic carbocycles. The summed E-state index contributed by atoms with van der Waals surface area (Å²) >= 11 is 9.95. The quantitative estimate of drug-likeness (QED) is 0.874. The SMILES string of the molecule is CCNC1CCN(c2cc(Cl)c(C)cc2Br)C(C)C1. The first-order chi connectivity index (χ1) is 9.02. The molecule has 1 fully saturated rings. The number of nitrogens with one attached hydrogen (secondary N) is 1. The Labute approximate surface area is 129 Å². The second kappa shape index (κ2) is 6.47. The van der Waals surface area contributed by atoms with Crippen LogP contribution in [0.5, 0.6) is 0 Å². The predicted octanol–water partition coefficient (Wildman–Crippen LogP) is 4.38. The number of rotatable bonds is 3. The van der Waals surface area contributed by atoms with E-state index in [2.05, 4.69) is 52.1 Å². The van der Waals surface area contributed by atoms with Gasteiger partial charge in [-0.2, -0.15) is 0 Å². The molecule has 1 aliphatic heterocycles. The zero-order valence-electron chi connectivity index (χ0n) is 11.8. The number of anilines is 1. The minimum atomic E-state index is 0.535. The summed E-state index contributed by atoms with van der Waals surface area (Å²) in [5.41, 5.74) is 2.34. The smallest absolute Gasteiger partial charge is 0.0528 e. The number of benzene rings is 1. The lowest BCUT2D eigenvalue weighted by Gasteiger charge is -2.40. The minimum absolute atomic E-state index is 0.535. The van der Waals surface area contributed by atoms with Crippen molar-refractivity contribution in [1.82, 2.24) is 5.32 Å². The van der Waals surface area contributed by atoms with Gasteiger partial charge in [-0.3, -0.25) is 0 Å². The Bertz CT molecular complexity index is 450.